The lowest BCUT2D eigenvalue weighted by Gasteiger charge is -2.11. The minimum absolute atomic E-state index is 0.0816. The molecule has 0 unspecified atom stereocenters. The quantitative estimate of drug-likeness (QED) is 0.715. The molecule has 120 valence electrons. The first-order chi connectivity index (χ1) is 10.4. The number of unbranched alkanes of at least 4 members (excludes halogenated alkanes) is 1. The van der Waals surface area contributed by atoms with Gasteiger partial charge in [-0.15, -0.1) is 0 Å². The van der Waals surface area contributed by atoms with Gasteiger partial charge in [-0.05, 0) is 30.5 Å². The Hall–Kier alpha value is -2.37. The van der Waals surface area contributed by atoms with E-state index in [0.717, 1.165) is 5.56 Å². The Kier molecular flexibility index (Phi) is 7.08. The van der Waals surface area contributed by atoms with Gasteiger partial charge in [0.2, 0.25) is 5.91 Å². The van der Waals surface area contributed by atoms with E-state index in [9.17, 15) is 14.4 Å². The summed E-state index contributed by atoms with van der Waals surface area (Å²) in [6.45, 7) is 0.353. The van der Waals surface area contributed by atoms with E-state index in [-0.39, 0.29) is 18.2 Å². The summed E-state index contributed by atoms with van der Waals surface area (Å²) in [6, 6.07) is 7.12. The smallest absolute Gasteiger partial charge is 0.303 e. The van der Waals surface area contributed by atoms with Gasteiger partial charge in [0.25, 0.3) is 5.91 Å². The molecule has 1 aromatic rings. The zero-order valence-corrected chi connectivity index (χ0v) is 13.0. The molecule has 0 aliphatic rings. The molecule has 2 N–H and O–H groups in total. The Labute approximate surface area is 130 Å². The molecule has 0 saturated carbocycles. The van der Waals surface area contributed by atoms with Gasteiger partial charge >= 0.3 is 5.97 Å². The van der Waals surface area contributed by atoms with E-state index in [4.69, 9.17) is 5.11 Å². The molecule has 1 rings (SSSR count). The second-order valence-corrected chi connectivity index (χ2v) is 5.28. The van der Waals surface area contributed by atoms with E-state index < -0.39 is 5.97 Å². The van der Waals surface area contributed by atoms with Crippen LogP contribution in [0.3, 0.4) is 0 Å². The Morgan fingerprint density at radius 1 is 1.14 bits per heavy atom. The van der Waals surface area contributed by atoms with Crippen molar-refractivity contribution >= 4 is 17.8 Å². The van der Waals surface area contributed by atoms with Gasteiger partial charge in [-0.25, -0.2) is 0 Å². The number of carbonyl (C=O) groups is 3. The van der Waals surface area contributed by atoms with Gasteiger partial charge in [0.15, 0.2) is 0 Å². The first-order valence-electron chi connectivity index (χ1n) is 7.19. The van der Waals surface area contributed by atoms with Crippen LogP contribution in [-0.4, -0.2) is 41.9 Å². The lowest BCUT2D eigenvalue weighted by molar-refractivity contribution is -0.137. The van der Waals surface area contributed by atoms with E-state index in [1.165, 1.54) is 4.90 Å². The van der Waals surface area contributed by atoms with E-state index in [2.05, 4.69) is 5.32 Å². The molecule has 6 nitrogen and oxygen atoms in total. The van der Waals surface area contributed by atoms with Crippen molar-refractivity contribution < 1.29 is 19.5 Å². The highest BCUT2D eigenvalue weighted by atomic mass is 16.4. The molecule has 1 aromatic carbocycles. The number of nitrogens with one attached hydrogen (secondary N) is 1. The van der Waals surface area contributed by atoms with Crippen LogP contribution in [0, 0.1) is 0 Å². The maximum Gasteiger partial charge on any atom is 0.303 e. The van der Waals surface area contributed by atoms with E-state index in [1.54, 1.807) is 32.3 Å². The number of rotatable bonds is 8. The molecular formula is C16H22N2O4. The minimum Gasteiger partial charge on any atom is -0.481 e. The molecule has 0 heterocycles. The van der Waals surface area contributed by atoms with Crippen molar-refractivity contribution in [3.8, 4) is 0 Å². The third-order valence-corrected chi connectivity index (χ3v) is 3.11. The molecule has 6 heteroatoms. The van der Waals surface area contributed by atoms with Gasteiger partial charge in [-0.2, -0.15) is 0 Å². The van der Waals surface area contributed by atoms with Gasteiger partial charge in [0.1, 0.15) is 0 Å². The van der Waals surface area contributed by atoms with Crippen LogP contribution < -0.4 is 5.32 Å². The summed E-state index contributed by atoms with van der Waals surface area (Å²) in [6.07, 6.45) is 1.44. The normalized spacial score (nSPS) is 10.1. The standard InChI is InChI=1S/C16H22N2O4/c1-18(2)16(22)13-7-5-6-12(10-13)11-17-14(19)8-3-4-9-15(20)21/h5-7,10H,3-4,8-9,11H2,1-2H3,(H,17,19)(H,20,21). The zero-order valence-electron chi connectivity index (χ0n) is 13.0. The summed E-state index contributed by atoms with van der Waals surface area (Å²) in [7, 11) is 3.38. The maximum absolute atomic E-state index is 11.9. The number of hydrogen-bond acceptors (Lipinski definition) is 3. The molecule has 0 spiro atoms. The molecule has 0 aromatic heterocycles. The molecule has 0 radical (unpaired) electrons. The molecule has 0 aliphatic carbocycles. The van der Waals surface area contributed by atoms with Crippen LogP contribution in [0.4, 0.5) is 0 Å². The van der Waals surface area contributed by atoms with E-state index in [1.807, 2.05) is 6.07 Å². The molecular weight excluding hydrogens is 284 g/mol. The Morgan fingerprint density at radius 3 is 2.45 bits per heavy atom. The fourth-order valence-corrected chi connectivity index (χ4v) is 1.92. The number of benzene rings is 1. The first-order valence-corrected chi connectivity index (χ1v) is 7.19. The van der Waals surface area contributed by atoms with Crippen molar-refractivity contribution in [3.05, 3.63) is 35.4 Å². The molecule has 22 heavy (non-hydrogen) atoms. The van der Waals surface area contributed by atoms with Crippen LogP contribution >= 0.6 is 0 Å². The zero-order chi connectivity index (χ0) is 16.5. The lowest BCUT2D eigenvalue weighted by Crippen LogP contribution is -2.24. The van der Waals surface area contributed by atoms with Crippen molar-refractivity contribution in [2.24, 2.45) is 0 Å². The van der Waals surface area contributed by atoms with Crippen molar-refractivity contribution in [2.45, 2.75) is 32.2 Å². The Balaban J connectivity index is 2.41. The maximum atomic E-state index is 11.9. The van der Waals surface area contributed by atoms with Gasteiger partial charge in [0.05, 0.1) is 0 Å². The fourth-order valence-electron chi connectivity index (χ4n) is 1.92. The largest absolute Gasteiger partial charge is 0.481 e. The summed E-state index contributed by atoms with van der Waals surface area (Å²) in [5, 5.41) is 11.3. The molecule has 2 amide bonds. The predicted molar refractivity (Wildman–Crippen MR) is 82.4 cm³/mol. The topological polar surface area (TPSA) is 86.7 Å². The highest BCUT2D eigenvalue weighted by molar-refractivity contribution is 5.94. The van der Waals surface area contributed by atoms with Gasteiger partial charge < -0.3 is 15.3 Å². The third kappa shape index (κ3) is 6.39. The molecule has 0 atom stereocenters. The van der Waals surface area contributed by atoms with Crippen molar-refractivity contribution in [2.75, 3.05) is 14.1 Å². The number of hydrogen-bond donors (Lipinski definition) is 2. The average molecular weight is 306 g/mol. The Morgan fingerprint density at radius 2 is 1.82 bits per heavy atom. The number of carbonyl (C=O) groups excluding carboxylic acids is 2. The molecule has 0 aliphatic heterocycles. The second kappa shape index (κ2) is 8.81. The van der Waals surface area contributed by atoms with Crippen LogP contribution in [0.2, 0.25) is 0 Å². The summed E-state index contributed by atoms with van der Waals surface area (Å²) in [4.78, 5) is 35.4. The van der Waals surface area contributed by atoms with Gasteiger partial charge in [-0.1, -0.05) is 12.1 Å². The number of carboxylic acid groups (broad SMARTS) is 1. The number of carboxylic acids is 1. The minimum atomic E-state index is -0.845. The third-order valence-electron chi connectivity index (χ3n) is 3.11. The fraction of sp³-hybridized carbons (Fsp3) is 0.438. The van der Waals surface area contributed by atoms with Gasteiger partial charge in [0, 0.05) is 39.0 Å². The highest BCUT2D eigenvalue weighted by Crippen LogP contribution is 2.07. The average Bonchev–Trinajstić information content (AvgIpc) is 2.48. The monoisotopic (exact) mass is 306 g/mol. The SMILES string of the molecule is CN(C)C(=O)c1cccc(CNC(=O)CCCCC(=O)O)c1. The summed E-state index contributed by atoms with van der Waals surface area (Å²) in [5.41, 5.74) is 1.43. The summed E-state index contributed by atoms with van der Waals surface area (Å²) in [5.74, 6) is -1.04. The van der Waals surface area contributed by atoms with Crippen molar-refractivity contribution in [3.63, 3.8) is 0 Å². The van der Waals surface area contributed by atoms with Gasteiger partial charge in [-0.3, -0.25) is 14.4 Å². The summed E-state index contributed by atoms with van der Waals surface area (Å²) >= 11 is 0. The number of aliphatic carboxylic acids is 1. The number of amides is 2. The highest BCUT2D eigenvalue weighted by Gasteiger charge is 2.08. The van der Waals surface area contributed by atoms with Crippen LogP contribution in [0.15, 0.2) is 24.3 Å². The molecule has 0 saturated heterocycles. The Bertz CT molecular complexity index is 541. The number of nitrogens with zero attached hydrogens (tertiary/aromatic N) is 1. The predicted octanol–water partition coefficient (Wildman–Crippen LogP) is 1.65. The van der Waals surface area contributed by atoms with Crippen LogP contribution in [0.1, 0.15) is 41.6 Å². The molecule has 0 bridgehead atoms. The van der Waals surface area contributed by atoms with Crippen molar-refractivity contribution in [1.82, 2.24) is 10.2 Å². The summed E-state index contributed by atoms with van der Waals surface area (Å²) < 4.78 is 0. The lowest BCUT2D eigenvalue weighted by atomic mass is 10.1. The first kappa shape index (κ1) is 17.7. The van der Waals surface area contributed by atoms with Crippen LogP contribution in [-0.2, 0) is 16.1 Å². The second-order valence-electron chi connectivity index (χ2n) is 5.28. The van der Waals surface area contributed by atoms with Crippen LogP contribution in [0.5, 0.6) is 0 Å². The van der Waals surface area contributed by atoms with Crippen molar-refractivity contribution in [1.29, 1.82) is 0 Å². The van der Waals surface area contributed by atoms with Crippen LogP contribution in [0.25, 0.3) is 0 Å². The van der Waals surface area contributed by atoms with E-state index in [0.29, 0.717) is 31.4 Å². The molecule has 0 fully saturated rings. The van der Waals surface area contributed by atoms with E-state index >= 15 is 0 Å².